The van der Waals surface area contributed by atoms with Gasteiger partial charge in [0.15, 0.2) is 6.10 Å². The highest BCUT2D eigenvalue weighted by molar-refractivity contribution is 5.94. The third kappa shape index (κ3) is 5.73. The lowest BCUT2D eigenvalue weighted by molar-refractivity contribution is -0.122. The van der Waals surface area contributed by atoms with Crippen LogP contribution in [0.15, 0.2) is 36.4 Å². The number of anilines is 1. The second kappa shape index (κ2) is 9.31. The standard InChI is InChI=1S/C24H32N2O3/c1-16-14-17(2)18(3)23(15-16)28-19(4)24(27)25-20-6-8-21(9-7-20)29-22-10-12-26(5)13-11-22/h6-9,14-15,19,22H,10-13H2,1-5H3,(H,25,27)/t19-/m0/s1. The fourth-order valence-electron chi connectivity index (χ4n) is 3.52. The molecule has 0 spiro atoms. The van der Waals surface area contributed by atoms with Crippen molar-refractivity contribution in [1.29, 1.82) is 0 Å². The summed E-state index contributed by atoms with van der Waals surface area (Å²) < 4.78 is 12.0. The molecule has 5 heteroatoms. The summed E-state index contributed by atoms with van der Waals surface area (Å²) in [7, 11) is 2.14. The van der Waals surface area contributed by atoms with Crippen LogP contribution in [0.1, 0.15) is 36.5 Å². The van der Waals surface area contributed by atoms with Gasteiger partial charge >= 0.3 is 0 Å². The van der Waals surface area contributed by atoms with Gasteiger partial charge in [-0.05, 0) is 94.6 Å². The van der Waals surface area contributed by atoms with E-state index in [-0.39, 0.29) is 12.0 Å². The van der Waals surface area contributed by atoms with Gasteiger partial charge in [-0.2, -0.15) is 0 Å². The summed E-state index contributed by atoms with van der Waals surface area (Å²) in [6, 6.07) is 11.7. The van der Waals surface area contributed by atoms with Crippen LogP contribution in [0.4, 0.5) is 5.69 Å². The maximum Gasteiger partial charge on any atom is 0.265 e. The number of likely N-dealkylation sites (tertiary alicyclic amines) is 1. The number of nitrogens with one attached hydrogen (secondary N) is 1. The first-order valence-corrected chi connectivity index (χ1v) is 10.3. The van der Waals surface area contributed by atoms with E-state index in [1.807, 2.05) is 44.2 Å². The molecule has 5 nitrogen and oxygen atoms in total. The van der Waals surface area contributed by atoms with Crippen LogP contribution in [-0.2, 0) is 4.79 Å². The van der Waals surface area contributed by atoms with Crippen molar-refractivity contribution in [2.24, 2.45) is 0 Å². The zero-order chi connectivity index (χ0) is 21.0. The Morgan fingerprint density at radius 3 is 2.41 bits per heavy atom. The maximum atomic E-state index is 12.6. The average molecular weight is 397 g/mol. The van der Waals surface area contributed by atoms with E-state index in [2.05, 4.69) is 30.3 Å². The number of carbonyl (C=O) groups excluding carboxylic acids is 1. The van der Waals surface area contributed by atoms with Gasteiger partial charge in [-0.25, -0.2) is 0 Å². The summed E-state index contributed by atoms with van der Waals surface area (Å²) in [5, 5.41) is 2.92. The zero-order valence-corrected chi connectivity index (χ0v) is 18.1. The van der Waals surface area contributed by atoms with Crippen LogP contribution < -0.4 is 14.8 Å². The van der Waals surface area contributed by atoms with Crippen molar-refractivity contribution in [2.75, 3.05) is 25.5 Å². The topological polar surface area (TPSA) is 50.8 Å². The van der Waals surface area contributed by atoms with Gasteiger partial charge in [0.25, 0.3) is 5.91 Å². The lowest BCUT2D eigenvalue weighted by Crippen LogP contribution is -2.35. The van der Waals surface area contributed by atoms with Gasteiger partial charge in [-0.15, -0.1) is 0 Å². The molecule has 0 aliphatic carbocycles. The van der Waals surface area contributed by atoms with E-state index in [9.17, 15) is 4.79 Å². The zero-order valence-electron chi connectivity index (χ0n) is 18.1. The van der Waals surface area contributed by atoms with Crippen molar-refractivity contribution in [3.05, 3.63) is 53.1 Å². The van der Waals surface area contributed by atoms with Crippen LogP contribution >= 0.6 is 0 Å². The molecule has 29 heavy (non-hydrogen) atoms. The molecule has 1 amide bonds. The molecule has 0 aromatic heterocycles. The Morgan fingerprint density at radius 2 is 1.76 bits per heavy atom. The van der Waals surface area contributed by atoms with E-state index in [0.29, 0.717) is 0 Å². The predicted octanol–water partition coefficient (Wildman–Crippen LogP) is 4.49. The predicted molar refractivity (Wildman–Crippen MR) is 117 cm³/mol. The van der Waals surface area contributed by atoms with E-state index >= 15 is 0 Å². The molecule has 3 rings (SSSR count). The Kier molecular flexibility index (Phi) is 6.80. The third-order valence-corrected chi connectivity index (χ3v) is 5.53. The normalized spacial score (nSPS) is 16.3. The number of aryl methyl sites for hydroxylation is 2. The molecule has 0 saturated carbocycles. The van der Waals surface area contributed by atoms with E-state index in [1.165, 1.54) is 0 Å². The molecule has 1 atom stereocenters. The first-order valence-electron chi connectivity index (χ1n) is 10.3. The number of piperidine rings is 1. The number of rotatable bonds is 6. The molecule has 156 valence electrons. The quantitative estimate of drug-likeness (QED) is 0.782. The number of carbonyl (C=O) groups is 1. The van der Waals surface area contributed by atoms with E-state index < -0.39 is 6.10 Å². The van der Waals surface area contributed by atoms with Crippen molar-refractivity contribution in [1.82, 2.24) is 4.90 Å². The highest BCUT2D eigenvalue weighted by Gasteiger charge is 2.19. The second-order valence-electron chi connectivity index (χ2n) is 8.10. The summed E-state index contributed by atoms with van der Waals surface area (Å²) in [6.45, 7) is 9.99. The molecule has 2 aromatic carbocycles. The Bertz CT molecular complexity index is 840. The number of benzene rings is 2. The van der Waals surface area contributed by atoms with E-state index in [4.69, 9.17) is 9.47 Å². The van der Waals surface area contributed by atoms with Gasteiger partial charge in [0.2, 0.25) is 0 Å². The van der Waals surface area contributed by atoms with Crippen LogP contribution in [0.2, 0.25) is 0 Å². The number of nitrogens with zero attached hydrogens (tertiary/aromatic N) is 1. The van der Waals surface area contributed by atoms with Gasteiger partial charge in [-0.3, -0.25) is 4.79 Å². The molecule has 1 aliphatic heterocycles. The number of ether oxygens (including phenoxy) is 2. The lowest BCUT2D eigenvalue weighted by Gasteiger charge is -2.29. The van der Waals surface area contributed by atoms with Crippen molar-refractivity contribution in [2.45, 2.75) is 52.7 Å². The molecule has 2 aromatic rings. The fraction of sp³-hybridized carbons (Fsp3) is 0.458. The highest BCUT2D eigenvalue weighted by atomic mass is 16.5. The number of hydrogen-bond acceptors (Lipinski definition) is 4. The van der Waals surface area contributed by atoms with Gasteiger partial charge in [0, 0.05) is 18.8 Å². The van der Waals surface area contributed by atoms with Gasteiger partial charge in [0.1, 0.15) is 17.6 Å². The lowest BCUT2D eigenvalue weighted by atomic mass is 10.1. The minimum absolute atomic E-state index is 0.174. The van der Waals surface area contributed by atoms with Crippen LogP contribution in [0.5, 0.6) is 11.5 Å². The van der Waals surface area contributed by atoms with Crippen molar-refractivity contribution >= 4 is 11.6 Å². The largest absolute Gasteiger partial charge is 0.490 e. The first kappa shape index (κ1) is 21.2. The Labute approximate surface area is 174 Å². The summed E-state index contributed by atoms with van der Waals surface area (Å²) in [6.07, 6.45) is 1.76. The molecule has 0 radical (unpaired) electrons. The molecule has 0 bridgehead atoms. The van der Waals surface area contributed by atoms with Gasteiger partial charge in [0.05, 0.1) is 0 Å². The maximum absolute atomic E-state index is 12.6. The molecular weight excluding hydrogens is 364 g/mol. The molecule has 1 saturated heterocycles. The Hall–Kier alpha value is -2.53. The molecule has 1 aliphatic rings. The van der Waals surface area contributed by atoms with Gasteiger partial charge in [-0.1, -0.05) is 6.07 Å². The van der Waals surface area contributed by atoms with Crippen LogP contribution in [0, 0.1) is 20.8 Å². The van der Waals surface area contributed by atoms with Crippen molar-refractivity contribution in [3.8, 4) is 11.5 Å². The van der Waals surface area contributed by atoms with E-state index in [1.54, 1.807) is 6.92 Å². The first-order chi connectivity index (χ1) is 13.8. The fourth-order valence-corrected chi connectivity index (χ4v) is 3.52. The molecular formula is C24H32N2O3. The molecule has 1 heterocycles. The van der Waals surface area contributed by atoms with Crippen molar-refractivity contribution in [3.63, 3.8) is 0 Å². The van der Waals surface area contributed by atoms with Crippen LogP contribution in [0.3, 0.4) is 0 Å². The average Bonchev–Trinajstić information content (AvgIpc) is 2.69. The van der Waals surface area contributed by atoms with Crippen LogP contribution in [-0.4, -0.2) is 43.2 Å². The highest BCUT2D eigenvalue weighted by Crippen LogP contribution is 2.25. The SMILES string of the molecule is Cc1cc(C)c(C)c(O[C@@H](C)C(=O)Nc2ccc(OC3CCN(C)CC3)cc2)c1. The smallest absolute Gasteiger partial charge is 0.265 e. The summed E-state index contributed by atoms with van der Waals surface area (Å²) in [4.78, 5) is 14.9. The number of hydrogen-bond donors (Lipinski definition) is 1. The van der Waals surface area contributed by atoms with E-state index in [0.717, 1.165) is 59.8 Å². The van der Waals surface area contributed by atoms with Crippen LogP contribution in [0.25, 0.3) is 0 Å². The van der Waals surface area contributed by atoms with Gasteiger partial charge < -0.3 is 19.7 Å². The third-order valence-electron chi connectivity index (χ3n) is 5.53. The Balaban J connectivity index is 1.55. The summed E-state index contributed by atoms with van der Waals surface area (Å²) in [5.41, 5.74) is 4.08. The molecule has 1 N–H and O–H groups in total. The molecule has 0 unspecified atom stereocenters. The molecule has 1 fully saturated rings. The minimum Gasteiger partial charge on any atom is -0.490 e. The monoisotopic (exact) mass is 396 g/mol. The summed E-state index contributed by atoms with van der Waals surface area (Å²) >= 11 is 0. The van der Waals surface area contributed by atoms with Crippen molar-refractivity contribution < 1.29 is 14.3 Å². The summed E-state index contributed by atoms with van der Waals surface area (Å²) in [5.74, 6) is 1.42. The minimum atomic E-state index is -0.593. The Morgan fingerprint density at radius 1 is 1.10 bits per heavy atom. The second-order valence-corrected chi connectivity index (χ2v) is 8.10. The number of amides is 1.